The minimum atomic E-state index is -0.531. The van der Waals surface area contributed by atoms with Crippen molar-refractivity contribution in [1.29, 1.82) is 0 Å². The normalized spacial score (nSPS) is 10.3. The molecule has 0 saturated carbocycles. The minimum absolute atomic E-state index is 0.197. The highest BCUT2D eigenvalue weighted by Crippen LogP contribution is 2.22. The number of H-pyrrole nitrogens is 1. The number of halogens is 1. The molecule has 0 saturated heterocycles. The Morgan fingerprint density at radius 1 is 1.41 bits per heavy atom. The van der Waals surface area contributed by atoms with E-state index >= 15 is 0 Å². The summed E-state index contributed by atoms with van der Waals surface area (Å²) < 4.78 is 18.2. The fraction of sp³-hybridized carbons (Fsp3) is 0.167. The quantitative estimate of drug-likeness (QED) is 0.811. The SMILES string of the molecule is COC(=O)c1cc(-c2ccc(C)cc2F)n[nH]1. The number of nitrogens with zero attached hydrogens (tertiary/aromatic N) is 1. The monoisotopic (exact) mass is 234 g/mol. The Kier molecular flexibility index (Phi) is 2.91. The summed E-state index contributed by atoms with van der Waals surface area (Å²) in [5.41, 5.74) is 1.75. The van der Waals surface area contributed by atoms with Gasteiger partial charge in [0.2, 0.25) is 0 Å². The van der Waals surface area contributed by atoms with Gasteiger partial charge in [-0.25, -0.2) is 9.18 Å². The molecule has 0 unspecified atom stereocenters. The van der Waals surface area contributed by atoms with Crippen LogP contribution in [0.25, 0.3) is 11.3 Å². The van der Waals surface area contributed by atoms with Crippen LogP contribution in [0.4, 0.5) is 4.39 Å². The molecule has 88 valence electrons. The molecule has 2 aromatic rings. The fourth-order valence-electron chi connectivity index (χ4n) is 1.50. The number of hydrogen-bond donors (Lipinski definition) is 1. The Balaban J connectivity index is 2.40. The lowest BCUT2D eigenvalue weighted by Gasteiger charge is -1.99. The number of ether oxygens (including phenoxy) is 1. The number of aryl methyl sites for hydroxylation is 1. The topological polar surface area (TPSA) is 55.0 Å². The van der Waals surface area contributed by atoms with Crippen LogP contribution < -0.4 is 0 Å². The Hall–Kier alpha value is -2.17. The third kappa shape index (κ3) is 2.18. The summed E-state index contributed by atoms with van der Waals surface area (Å²) in [5.74, 6) is -0.899. The van der Waals surface area contributed by atoms with E-state index in [0.29, 0.717) is 11.3 Å². The van der Waals surface area contributed by atoms with Crippen molar-refractivity contribution in [2.45, 2.75) is 6.92 Å². The molecule has 0 aliphatic carbocycles. The van der Waals surface area contributed by atoms with Crippen LogP contribution in [0.3, 0.4) is 0 Å². The summed E-state index contributed by atoms with van der Waals surface area (Å²) in [6.45, 7) is 1.80. The van der Waals surface area contributed by atoms with Crippen LogP contribution in [0.5, 0.6) is 0 Å². The Morgan fingerprint density at radius 3 is 2.82 bits per heavy atom. The molecule has 0 radical (unpaired) electrons. The van der Waals surface area contributed by atoms with E-state index in [2.05, 4.69) is 14.9 Å². The highest BCUT2D eigenvalue weighted by molar-refractivity contribution is 5.88. The molecule has 1 N–H and O–H groups in total. The van der Waals surface area contributed by atoms with Gasteiger partial charge in [0.25, 0.3) is 0 Å². The highest BCUT2D eigenvalue weighted by atomic mass is 19.1. The predicted molar refractivity (Wildman–Crippen MR) is 60.1 cm³/mol. The molecule has 0 aliphatic heterocycles. The zero-order valence-corrected chi connectivity index (χ0v) is 9.45. The van der Waals surface area contributed by atoms with Gasteiger partial charge >= 0.3 is 5.97 Å². The van der Waals surface area contributed by atoms with Gasteiger partial charge in [-0.1, -0.05) is 6.07 Å². The molecule has 1 aromatic carbocycles. The molecule has 0 amide bonds. The summed E-state index contributed by atoms with van der Waals surface area (Å²) in [5, 5.41) is 6.39. The maximum absolute atomic E-state index is 13.7. The molecule has 0 bridgehead atoms. The van der Waals surface area contributed by atoms with Crippen LogP contribution in [0.15, 0.2) is 24.3 Å². The van der Waals surface area contributed by atoms with Crippen molar-refractivity contribution in [3.05, 3.63) is 41.3 Å². The van der Waals surface area contributed by atoms with Gasteiger partial charge in [-0.15, -0.1) is 0 Å². The predicted octanol–water partition coefficient (Wildman–Crippen LogP) is 2.31. The van der Waals surface area contributed by atoms with Crippen molar-refractivity contribution < 1.29 is 13.9 Å². The number of nitrogens with one attached hydrogen (secondary N) is 1. The van der Waals surface area contributed by atoms with Gasteiger partial charge < -0.3 is 4.74 Å². The van der Waals surface area contributed by atoms with Crippen molar-refractivity contribution in [1.82, 2.24) is 10.2 Å². The third-order valence-electron chi connectivity index (χ3n) is 2.38. The average Bonchev–Trinajstić information content (AvgIpc) is 2.77. The molecular weight excluding hydrogens is 223 g/mol. The zero-order valence-electron chi connectivity index (χ0n) is 9.45. The number of hydrogen-bond acceptors (Lipinski definition) is 3. The number of aromatic nitrogens is 2. The molecule has 0 aliphatic rings. The number of carbonyl (C=O) groups excluding carboxylic acids is 1. The number of methoxy groups -OCH3 is 1. The van der Waals surface area contributed by atoms with Gasteiger partial charge in [0.15, 0.2) is 0 Å². The lowest BCUT2D eigenvalue weighted by atomic mass is 10.1. The smallest absolute Gasteiger partial charge is 0.356 e. The average molecular weight is 234 g/mol. The Labute approximate surface area is 97.4 Å². The third-order valence-corrected chi connectivity index (χ3v) is 2.38. The molecule has 17 heavy (non-hydrogen) atoms. The first kappa shape index (κ1) is 11.3. The van der Waals surface area contributed by atoms with Crippen LogP contribution in [-0.2, 0) is 4.74 Å². The van der Waals surface area contributed by atoms with Gasteiger partial charge in [-0.3, -0.25) is 5.10 Å². The van der Waals surface area contributed by atoms with E-state index in [0.717, 1.165) is 5.56 Å². The first-order chi connectivity index (χ1) is 8.11. The Bertz CT molecular complexity index is 563. The van der Waals surface area contributed by atoms with Crippen molar-refractivity contribution in [2.75, 3.05) is 7.11 Å². The van der Waals surface area contributed by atoms with E-state index < -0.39 is 5.97 Å². The van der Waals surface area contributed by atoms with Gasteiger partial charge in [-0.05, 0) is 30.7 Å². The van der Waals surface area contributed by atoms with Crippen molar-refractivity contribution in [2.24, 2.45) is 0 Å². The van der Waals surface area contributed by atoms with Crippen molar-refractivity contribution in [3.63, 3.8) is 0 Å². The number of rotatable bonds is 2. The van der Waals surface area contributed by atoms with Crippen molar-refractivity contribution in [3.8, 4) is 11.3 Å². The molecule has 0 fully saturated rings. The largest absolute Gasteiger partial charge is 0.464 e. The summed E-state index contributed by atoms with van der Waals surface area (Å²) >= 11 is 0. The molecule has 0 atom stereocenters. The zero-order chi connectivity index (χ0) is 12.4. The summed E-state index contributed by atoms with van der Waals surface area (Å²) in [6, 6.07) is 6.29. The minimum Gasteiger partial charge on any atom is -0.464 e. The van der Waals surface area contributed by atoms with E-state index in [1.807, 2.05) is 0 Å². The van der Waals surface area contributed by atoms with Crippen molar-refractivity contribution >= 4 is 5.97 Å². The van der Waals surface area contributed by atoms with Gasteiger partial charge in [0, 0.05) is 5.56 Å². The molecular formula is C12H11FN2O2. The highest BCUT2D eigenvalue weighted by Gasteiger charge is 2.13. The number of benzene rings is 1. The van der Waals surface area contributed by atoms with Crippen LogP contribution in [0.1, 0.15) is 16.1 Å². The van der Waals surface area contributed by atoms with Crippen LogP contribution in [0.2, 0.25) is 0 Å². The van der Waals surface area contributed by atoms with Gasteiger partial charge in [0.1, 0.15) is 11.5 Å². The first-order valence-electron chi connectivity index (χ1n) is 5.02. The lowest BCUT2D eigenvalue weighted by Crippen LogP contribution is -2.00. The second-order valence-electron chi connectivity index (χ2n) is 3.64. The van der Waals surface area contributed by atoms with Crippen LogP contribution in [0, 0.1) is 12.7 Å². The second-order valence-corrected chi connectivity index (χ2v) is 3.64. The molecule has 5 heteroatoms. The first-order valence-corrected chi connectivity index (χ1v) is 5.02. The van der Waals surface area contributed by atoms with E-state index in [9.17, 15) is 9.18 Å². The summed E-state index contributed by atoms with van der Waals surface area (Å²) in [6.07, 6.45) is 0. The van der Waals surface area contributed by atoms with Gasteiger partial charge in [-0.2, -0.15) is 5.10 Å². The maximum Gasteiger partial charge on any atom is 0.356 e. The number of aromatic amines is 1. The van der Waals surface area contributed by atoms with E-state index in [-0.39, 0.29) is 11.5 Å². The second kappa shape index (κ2) is 4.37. The Morgan fingerprint density at radius 2 is 2.18 bits per heavy atom. The standard InChI is InChI=1S/C12H11FN2O2/c1-7-3-4-8(9(13)5-7)10-6-11(15-14-10)12(16)17-2/h3-6H,1-2H3,(H,14,15). The molecule has 1 aromatic heterocycles. The molecule has 1 heterocycles. The fourth-order valence-corrected chi connectivity index (χ4v) is 1.50. The van der Waals surface area contributed by atoms with E-state index in [4.69, 9.17) is 0 Å². The maximum atomic E-state index is 13.7. The summed E-state index contributed by atoms with van der Waals surface area (Å²) in [4.78, 5) is 11.2. The molecule has 4 nitrogen and oxygen atoms in total. The molecule has 0 spiro atoms. The van der Waals surface area contributed by atoms with E-state index in [1.165, 1.54) is 19.2 Å². The van der Waals surface area contributed by atoms with E-state index in [1.54, 1.807) is 19.1 Å². The van der Waals surface area contributed by atoms with Crippen LogP contribution >= 0.6 is 0 Å². The van der Waals surface area contributed by atoms with Gasteiger partial charge in [0.05, 0.1) is 12.8 Å². The van der Waals surface area contributed by atoms with Crippen LogP contribution in [-0.4, -0.2) is 23.3 Å². The number of carbonyl (C=O) groups is 1. The summed E-state index contributed by atoms with van der Waals surface area (Å²) in [7, 11) is 1.27. The lowest BCUT2D eigenvalue weighted by molar-refractivity contribution is 0.0594. The number of esters is 1. The molecule has 2 rings (SSSR count).